The van der Waals surface area contributed by atoms with Crippen molar-refractivity contribution >= 4 is 56.2 Å². The van der Waals surface area contributed by atoms with Crippen LogP contribution in [0.3, 0.4) is 0 Å². The Bertz CT molecular complexity index is 4080. The fourth-order valence-electron chi connectivity index (χ4n) is 8.30. The normalized spacial score (nSPS) is 24.4. The Hall–Kier alpha value is -6.04. The molecule has 0 fully saturated rings. The van der Waals surface area contributed by atoms with Gasteiger partial charge in [-0.05, 0) is 131 Å². The van der Waals surface area contributed by atoms with Crippen molar-refractivity contribution in [2.45, 2.75) is 90.9 Å². The number of nitrogens with zero attached hydrogens (tertiary/aromatic N) is 4. The monoisotopic (exact) mass is 860 g/mol. The lowest BCUT2D eigenvalue weighted by Gasteiger charge is -2.42. The van der Waals surface area contributed by atoms with E-state index >= 15 is 0 Å². The van der Waals surface area contributed by atoms with Crippen LogP contribution in [0.5, 0.6) is 11.5 Å². The number of halogens is 1. The lowest BCUT2D eigenvalue weighted by atomic mass is 9.63. The van der Waals surface area contributed by atoms with Crippen molar-refractivity contribution in [3.05, 3.63) is 166 Å². The topological polar surface area (TPSA) is 33.5 Å². The maximum absolute atomic E-state index is 10.1. The first kappa shape index (κ1) is 20.9. The predicted octanol–water partition coefficient (Wildman–Crippen LogP) is 15.8. The highest BCUT2D eigenvalue weighted by molar-refractivity contribution is 6.35. The number of rotatable bonds is 6. The number of hydrogen-bond acceptors (Lipinski definition) is 4. The smallest absolute Gasteiger partial charge is 0.137 e. The lowest BCUT2D eigenvalue weighted by molar-refractivity contribution is 0.332. The van der Waals surface area contributed by atoms with Crippen molar-refractivity contribution in [3.8, 4) is 28.4 Å². The minimum Gasteiger partial charge on any atom is -0.457 e. The molecule has 0 spiro atoms. The van der Waals surface area contributed by atoms with E-state index in [4.69, 9.17) is 46.0 Å². The largest absolute Gasteiger partial charge is 0.457 e. The Morgan fingerprint density at radius 1 is 0.726 bits per heavy atom. The molecule has 3 heterocycles. The number of benzene rings is 6. The summed E-state index contributed by atoms with van der Waals surface area (Å²) in [5.41, 5.74) is -13.8. The van der Waals surface area contributed by atoms with Gasteiger partial charge in [0.25, 0.3) is 0 Å². The van der Waals surface area contributed by atoms with E-state index in [1.165, 1.54) is 11.0 Å². The Labute approximate surface area is 406 Å². The van der Waals surface area contributed by atoms with Crippen LogP contribution in [-0.2, 0) is 16.2 Å². The average molecular weight is 861 g/mol. The highest BCUT2D eigenvalue weighted by Crippen LogP contribution is 2.53. The van der Waals surface area contributed by atoms with Gasteiger partial charge in [0.15, 0.2) is 0 Å². The summed E-state index contributed by atoms with van der Waals surface area (Å²) in [5, 5.41) is 1.12. The van der Waals surface area contributed by atoms with E-state index in [1.807, 2.05) is 54.6 Å². The molecule has 0 unspecified atom stereocenters. The van der Waals surface area contributed by atoms with Crippen molar-refractivity contribution in [1.82, 2.24) is 9.55 Å². The molecule has 8 aromatic rings. The van der Waals surface area contributed by atoms with Crippen molar-refractivity contribution in [3.63, 3.8) is 0 Å². The van der Waals surface area contributed by atoms with Crippen LogP contribution in [-0.4, -0.2) is 16.2 Å². The molecule has 312 valence electrons. The van der Waals surface area contributed by atoms with Gasteiger partial charge in [-0.2, -0.15) is 0 Å². The fourth-order valence-corrected chi connectivity index (χ4v) is 8.55. The molecule has 0 atom stereocenters. The van der Waals surface area contributed by atoms with E-state index in [-0.39, 0.29) is 11.1 Å². The van der Waals surface area contributed by atoms with Crippen molar-refractivity contribution in [2.75, 3.05) is 16.5 Å². The molecule has 1 aliphatic heterocycles. The van der Waals surface area contributed by atoms with Crippen LogP contribution in [0.25, 0.3) is 38.8 Å². The summed E-state index contributed by atoms with van der Waals surface area (Å²) in [6.07, 6.45) is -7.56. The number of hydrogen-bond donors (Lipinski definition) is 0. The number of aryl methyl sites for hydroxylation is 2. The first-order valence-corrected chi connectivity index (χ1v) is 20.1. The van der Waals surface area contributed by atoms with Crippen LogP contribution in [0.4, 0.5) is 22.7 Å². The SMILES string of the molecule is [2H]c1c([2H])c2c(c([2H])c1-c1c(C([2H])([2H])[2H])cc(C([2H])([2H])[2H])c(Cl)c1N1CN(c3cccc(Oc4ccc5c6ccccc6n(-c6cc(C(C)(C)C)ccn6)c5c4)c3)c3ccccc31)C(C([2H])([2H])[2H])(C([2H])([2H])[2H])C([2H])([2H])C([2H])([2H])C2(C([2H])([2H])[2H])C([2H])([2H])[2H]. The maximum Gasteiger partial charge on any atom is 0.137 e. The fraction of sp³-hybridized carbons (Fsp3) is 0.268. The Morgan fingerprint density at radius 3 is 2.23 bits per heavy atom. The van der Waals surface area contributed by atoms with Gasteiger partial charge >= 0.3 is 0 Å². The summed E-state index contributed by atoms with van der Waals surface area (Å²) in [5.74, 6) is 1.41. The standard InChI is InChI=1S/C56H55ClN4O/c1-35-29-36(2)52(57)53(51(35)37-21-24-44-45(30-37)56(8,9)27-26-55(44,6)7)60-34-59(47-19-12-13-20-48(47)60)39-15-14-16-40(32-39)62-41-22-23-43-42-17-10-11-18-46(42)61(49(43)33-41)50-31-38(25-28-58-50)54(3,4)5/h10-25,28-33H,26-27,34H2,1-9H3/i1D3,2D3,6D3,7D3,8D3,9D3,21D,24D,26D2,27D2,30D. The summed E-state index contributed by atoms with van der Waals surface area (Å²) in [6, 6.07) is 26.3. The summed E-state index contributed by atoms with van der Waals surface area (Å²) in [7, 11) is 0. The van der Waals surface area contributed by atoms with Crippen LogP contribution in [0, 0.1) is 13.7 Å². The molecule has 10 rings (SSSR count). The minimum absolute atomic E-state index is 0.142. The van der Waals surface area contributed by atoms with Crippen molar-refractivity contribution in [2.24, 2.45) is 0 Å². The van der Waals surface area contributed by atoms with E-state index < -0.39 is 134 Å². The Kier molecular flexibility index (Phi) is 4.89. The van der Waals surface area contributed by atoms with Crippen molar-refractivity contribution < 1.29 is 39.0 Å². The van der Waals surface area contributed by atoms with Gasteiger partial charge in [0.05, 0.1) is 37.2 Å². The number of anilines is 4. The molecule has 5 nitrogen and oxygen atoms in total. The highest BCUT2D eigenvalue weighted by atomic mass is 35.5. The molecule has 6 aromatic carbocycles. The third-order valence-corrected chi connectivity index (χ3v) is 11.7. The number of para-hydroxylation sites is 3. The highest BCUT2D eigenvalue weighted by Gasteiger charge is 2.38. The molecule has 0 amide bonds. The second-order valence-electron chi connectivity index (χ2n) is 16.5. The summed E-state index contributed by atoms with van der Waals surface area (Å²) in [4.78, 5) is 7.73. The second-order valence-corrected chi connectivity index (χ2v) is 16.9. The number of aromatic nitrogens is 2. The van der Waals surface area contributed by atoms with E-state index in [2.05, 4.69) is 25.3 Å². The molecule has 0 N–H and O–H groups in total. The van der Waals surface area contributed by atoms with Gasteiger partial charge in [0.1, 0.15) is 24.0 Å². The van der Waals surface area contributed by atoms with E-state index in [1.54, 1.807) is 53.6 Å². The molecule has 2 aromatic heterocycles. The third kappa shape index (κ3) is 6.64. The Balaban J connectivity index is 1.22. The predicted molar refractivity (Wildman–Crippen MR) is 261 cm³/mol. The van der Waals surface area contributed by atoms with Gasteiger partial charge in [0, 0.05) is 70.5 Å². The first-order valence-electron chi connectivity index (χ1n) is 32.3. The summed E-state index contributed by atoms with van der Waals surface area (Å²) >= 11 is 7.27. The number of fused-ring (bicyclic) bond motifs is 5. The van der Waals surface area contributed by atoms with E-state index in [0.717, 1.165) is 27.4 Å². The second kappa shape index (κ2) is 14.5. The van der Waals surface area contributed by atoms with E-state index in [0.29, 0.717) is 34.8 Å². The average Bonchev–Trinajstić information content (AvgIpc) is 1.13. The van der Waals surface area contributed by atoms with Crippen LogP contribution in [0.15, 0.2) is 134 Å². The first-order chi connectivity index (χ1) is 39.8. The zero-order valence-corrected chi connectivity index (χ0v) is 34.5. The zero-order chi connectivity index (χ0) is 64.5. The molecule has 62 heavy (non-hydrogen) atoms. The van der Waals surface area contributed by atoms with E-state index in [9.17, 15) is 9.60 Å². The van der Waals surface area contributed by atoms with Gasteiger partial charge in [-0.15, -0.1) is 0 Å². The minimum atomic E-state index is -4.69. The number of ether oxygens (including phenoxy) is 1. The zero-order valence-electron chi connectivity index (χ0n) is 58.8. The third-order valence-electron chi connectivity index (χ3n) is 11.4. The quantitative estimate of drug-likeness (QED) is 0.167. The number of pyridine rings is 1. The molecular weight excluding hydrogens is 780 g/mol. The molecule has 0 radical (unpaired) electrons. The van der Waals surface area contributed by atoms with Gasteiger partial charge in [0.2, 0.25) is 0 Å². The molecule has 0 saturated carbocycles. The molecular formula is C56H55ClN4O. The molecule has 6 heteroatoms. The van der Waals surface area contributed by atoms with Gasteiger partial charge in [-0.1, -0.05) is 120 Å². The summed E-state index contributed by atoms with van der Waals surface area (Å²) < 4.78 is 234. The van der Waals surface area contributed by atoms with Gasteiger partial charge in [-0.25, -0.2) is 4.98 Å². The van der Waals surface area contributed by atoms with Gasteiger partial charge in [-0.3, -0.25) is 4.57 Å². The Morgan fingerprint density at radius 2 is 1.45 bits per heavy atom. The molecule has 1 aliphatic carbocycles. The van der Waals surface area contributed by atoms with Crippen LogP contribution in [0.1, 0.15) is 123 Å². The van der Waals surface area contributed by atoms with Crippen molar-refractivity contribution in [1.29, 1.82) is 0 Å². The summed E-state index contributed by atoms with van der Waals surface area (Å²) in [6.45, 7) is -18.5. The lowest BCUT2D eigenvalue weighted by Crippen LogP contribution is -2.33. The van der Waals surface area contributed by atoms with Crippen LogP contribution < -0.4 is 14.5 Å². The van der Waals surface area contributed by atoms with Gasteiger partial charge < -0.3 is 14.5 Å². The molecule has 0 bridgehead atoms. The van der Waals surface area contributed by atoms with Crippen LogP contribution >= 0.6 is 11.6 Å². The molecule has 0 saturated heterocycles. The maximum atomic E-state index is 10.1. The molecule has 2 aliphatic rings. The van der Waals surface area contributed by atoms with Crippen LogP contribution in [0.2, 0.25) is 5.02 Å².